The second kappa shape index (κ2) is 9.55. The standard InChI is InChI=1S/C22H32N2O.CH2O2/c1-18(20-11-6-3-7-12-20)23-14-8-13-22(16-23)17-24(21(22)25)15-19-9-4-2-5-10-19;2-1-3/h3,6-7,11-12,18-19H,2,4-5,8-10,13-17H2,1H3;1H,(H,2,3). The van der Waals surface area contributed by atoms with Crippen LogP contribution in [0, 0.1) is 11.3 Å². The Balaban J connectivity index is 0.000000706. The molecule has 1 aromatic carbocycles. The number of hydrogen-bond donors (Lipinski definition) is 1. The van der Waals surface area contributed by atoms with Crippen LogP contribution in [0.2, 0.25) is 0 Å². The van der Waals surface area contributed by atoms with E-state index in [1.807, 2.05) is 0 Å². The average Bonchev–Trinajstić information content (AvgIpc) is 2.75. The quantitative estimate of drug-likeness (QED) is 0.629. The van der Waals surface area contributed by atoms with E-state index in [9.17, 15) is 4.79 Å². The van der Waals surface area contributed by atoms with E-state index in [1.54, 1.807) is 0 Å². The van der Waals surface area contributed by atoms with Crippen molar-refractivity contribution >= 4 is 12.4 Å². The summed E-state index contributed by atoms with van der Waals surface area (Å²) in [4.78, 5) is 26.1. The summed E-state index contributed by atoms with van der Waals surface area (Å²) in [6.45, 7) is 6.13. The molecule has 1 N–H and O–H groups in total. The van der Waals surface area contributed by atoms with E-state index in [0.29, 0.717) is 11.9 Å². The molecule has 0 radical (unpaired) electrons. The predicted octanol–water partition coefficient (Wildman–Crippen LogP) is 3.95. The Morgan fingerprint density at radius 3 is 2.46 bits per heavy atom. The van der Waals surface area contributed by atoms with Crippen LogP contribution in [0.4, 0.5) is 0 Å². The number of benzene rings is 1. The maximum atomic E-state index is 13.0. The third-order valence-corrected chi connectivity index (χ3v) is 6.87. The van der Waals surface area contributed by atoms with Crippen molar-refractivity contribution in [3.63, 3.8) is 0 Å². The molecule has 28 heavy (non-hydrogen) atoms. The van der Waals surface area contributed by atoms with Gasteiger partial charge < -0.3 is 10.0 Å². The minimum absolute atomic E-state index is 0.0735. The van der Waals surface area contributed by atoms with Gasteiger partial charge in [0.05, 0.1) is 5.41 Å². The van der Waals surface area contributed by atoms with Gasteiger partial charge in [0.2, 0.25) is 5.91 Å². The molecule has 1 aliphatic carbocycles. The summed E-state index contributed by atoms with van der Waals surface area (Å²) in [6.07, 6.45) is 9.01. The van der Waals surface area contributed by atoms with Crippen LogP contribution in [0.3, 0.4) is 0 Å². The van der Waals surface area contributed by atoms with Gasteiger partial charge in [0.15, 0.2) is 0 Å². The molecule has 2 atom stereocenters. The highest BCUT2D eigenvalue weighted by atomic mass is 16.3. The number of amides is 1. The molecule has 5 nitrogen and oxygen atoms in total. The predicted molar refractivity (Wildman–Crippen MR) is 110 cm³/mol. The molecule has 5 heteroatoms. The number of rotatable bonds is 4. The van der Waals surface area contributed by atoms with Crippen molar-refractivity contribution in [3.8, 4) is 0 Å². The first-order valence-electron chi connectivity index (χ1n) is 10.8. The van der Waals surface area contributed by atoms with E-state index in [4.69, 9.17) is 9.90 Å². The molecule has 2 saturated heterocycles. The van der Waals surface area contributed by atoms with E-state index in [1.165, 1.54) is 37.7 Å². The number of β-lactam (4-membered cyclic amide) rings is 1. The van der Waals surface area contributed by atoms with Gasteiger partial charge in [0.25, 0.3) is 6.47 Å². The zero-order valence-corrected chi connectivity index (χ0v) is 17.1. The normalized spacial score (nSPS) is 26.9. The van der Waals surface area contributed by atoms with Gasteiger partial charge >= 0.3 is 0 Å². The summed E-state index contributed by atoms with van der Waals surface area (Å²) in [7, 11) is 0. The lowest BCUT2D eigenvalue weighted by Crippen LogP contribution is -2.67. The lowest BCUT2D eigenvalue weighted by atomic mass is 9.71. The Hall–Kier alpha value is -1.88. The highest BCUT2D eigenvalue weighted by molar-refractivity contribution is 5.89. The highest BCUT2D eigenvalue weighted by Crippen LogP contribution is 2.43. The van der Waals surface area contributed by atoms with E-state index >= 15 is 0 Å². The van der Waals surface area contributed by atoms with Crippen molar-refractivity contribution in [2.75, 3.05) is 26.2 Å². The summed E-state index contributed by atoms with van der Waals surface area (Å²) in [5.41, 5.74) is 1.29. The Morgan fingerprint density at radius 2 is 1.82 bits per heavy atom. The van der Waals surface area contributed by atoms with Crippen LogP contribution >= 0.6 is 0 Å². The van der Waals surface area contributed by atoms with Gasteiger partial charge in [-0.3, -0.25) is 14.5 Å². The van der Waals surface area contributed by atoms with Crippen LogP contribution in [0.25, 0.3) is 0 Å². The largest absolute Gasteiger partial charge is 0.483 e. The summed E-state index contributed by atoms with van der Waals surface area (Å²) < 4.78 is 0. The van der Waals surface area contributed by atoms with Crippen molar-refractivity contribution in [1.82, 2.24) is 9.80 Å². The number of carbonyl (C=O) groups excluding carboxylic acids is 1. The number of carboxylic acid groups (broad SMARTS) is 1. The molecule has 1 aromatic rings. The van der Waals surface area contributed by atoms with Crippen LogP contribution in [0.5, 0.6) is 0 Å². The lowest BCUT2D eigenvalue weighted by molar-refractivity contribution is -0.168. The van der Waals surface area contributed by atoms with Gasteiger partial charge in [0.1, 0.15) is 0 Å². The SMILES string of the molecule is CC(c1ccccc1)N1CCCC2(CN(CC3CCCCC3)C2=O)C1.O=CO. The summed E-state index contributed by atoms with van der Waals surface area (Å²) in [5, 5.41) is 6.89. The average molecular weight is 387 g/mol. The highest BCUT2D eigenvalue weighted by Gasteiger charge is 2.54. The molecule has 1 amide bonds. The minimum Gasteiger partial charge on any atom is -0.483 e. The summed E-state index contributed by atoms with van der Waals surface area (Å²) in [5.74, 6) is 1.21. The Morgan fingerprint density at radius 1 is 1.14 bits per heavy atom. The molecule has 2 unspecified atom stereocenters. The molecule has 0 aromatic heterocycles. The van der Waals surface area contributed by atoms with Crippen molar-refractivity contribution < 1.29 is 14.7 Å². The fourth-order valence-corrected chi connectivity index (χ4v) is 5.32. The van der Waals surface area contributed by atoms with Crippen LogP contribution in [-0.2, 0) is 9.59 Å². The fraction of sp³-hybridized carbons (Fsp3) is 0.652. The zero-order chi connectivity index (χ0) is 20.0. The monoisotopic (exact) mass is 386 g/mol. The minimum atomic E-state index is -0.250. The number of carbonyl (C=O) groups is 2. The maximum absolute atomic E-state index is 13.0. The Kier molecular flexibility index (Phi) is 7.11. The third kappa shape index (κ3) is 4.57. The molecule has 1 spiro atoms. The fourth-order valence-electron chi connectivity index (χ4n) is 5.32. The van der Waals surface area contributed by atoms with Gasteiger partial charge in [0, 0.05) is 25.7 Å². The van der Waals surface area contributed by atoms with E-state index in [-0.39, 0.29) is 11.9 Å². The molecule has 154 valence electrons. The van der Waals surface area contributed by atoms with Gasteiger partial charge in [-0.05, 0) is 50.6 Å². The molecular formula is C23H34N2O3. The van der Waals surface area contributed by atoms with Gasteiger partial charge in [-0.25, -0.2) is 0 Å². The van der Waals surface area contributed by atoms with E-state index < -0.39 is 0 Å². The molecule has 1 saturated carbocycles. The molecular weight excluding hydrogens is 352 g/mol. The van der Waals surface area contributed by atoms with Crippen molar-refractivity contribution in [3.05, 3.63) is 35.9 Å². The second-order valence-corrected chi connectivity index (χ2v) is 8.74. The topological polar surface area (TPSA) is 60.9 Å². The number of nitrogens with zero attached hydrogens (tertiary/aromatic N) is 2. The second-order valence-electron chi connectivity index (χ2n) is 8.74. The first-order chi connectivity index (χ1) is 13.6. The molecule has 3 aliphatic rings. The molecule has 0 bridgehead atoms. The smallest absolute Gasteiger partial charge is 0.290 e. The number of likely N-dealkylation sites (tertiary alicyclic amines) is 2. The lowest BCUT2D eigenvalue weighted by Gasteiger charge is -2.55. The Labute approximate surface area is 168 Å². The summed E-state index contributed by atoms with van der Waals surface area (Å²) in [6, 6.07) is 11.1. The molecule has 2 aliphatic heterocycles. The first-order valence-corrected chi connectivity index (χ1v) is 10.8. The molecule has 4 rings (SSSR count). The van der Waals surface area contributed by atoms with Gasteiger partial charge in [-0.1, -0.05) is 49.6 Å². The van der Waals surface area contributed by atoms with Gasteiger partial charge in [-0.2, -0.15) is 0 Å². The summed E-state index contributed by atoms with van der Waals surface area (Å²) >= 11 is 0. The van der Waals surface area contributed by atoms with Crippen LogP contribution in [-0.4, -0.2) is 53.5 Å². The third-order valence-electron chi connectivity index (χ3n) is 6.87. The van der Waals surface area contributed by atoms with Crippen molar-refractivity contribution in [2.24, 2.45) is 11.3 Å². The first kappa shape index (κ1) is 20.8. The van der Waals surface area contributed by atoms with E-state index in [0.717, 1.165) is 44.9 Å². The van der Waals surface area contributed by atoms with Crippen molar-refractivity contribution in [1.29, 1.82) is 0 Å². The zero-order valence-electron chi connectivity index (χ0n) is 17.1. The van der Waals surface area contributed by atoms with Crippen LogP contribution < -0.4 is 0 Å². The molecule has 2 heterocycles. The van der Waals surface area contributed by atoms with E-state index in [2.05, 4.69) is 47.1 Å². The Bertz CT molecular complexity index is 645. The maximum Gasteiger partial charge on any atom is 0.290 e. The number of hydrogen-bond acceptors (Lipinski definition) is 3. The van der Waals surface area contributed by atoms with Gasteiger partial charge in [-0.15, -0.1) is 0 Å². The number of piperidine rings is 1. The molecule has 3 fully saturated rings. The van der Waals surface area contributed by atoms with Crippen molar-refractivity contribution in [2.45, 2.75) is 57.9 Å². The van der Waals surface area contributed by atoms with Crippen LogP contribution in [0.15, 0.2) is 30.3 Å². The van der Waals surface area contributed by atoms with Crippen LogP contribution in [0.1, 0.15) is 63.5 Å².